The van der Waals surface area contributed by atoms with Crippen LogP contribution in [0.15, 0.2) is 17.5 Å². The van der Waals surface area contributed by atoms with E-state index in [4.69, 9.17) is 0 Å². The van der Waals surface area contributed by atoms with Crippen LogP contribution in [0.1, 0.15) is 37.5 Å². The van der Waals surface area contributed by atoms with Gasteiger partial charge in [0.1, 0.15) is 12.1 Å². The molecule has 4 amide bonds. The average molecular weight is 346 g/mol. The summed E-state index contributed by atoms with van der Waals surface area (Å²) in [5.74, 6) is -0.945. The van der Waals surface area contributed by atoms with Gasteiger partial charge in [-0.25, -0.2) is 4.79 Å². The number of carbonyl (C=O) groups is 3. The lowest BCUT2D eigenvalue weighted by atomic mass is 9.99. The molecule has 1 atom stereocenters. The molecule has 1 aliphatic carbocycles. The predicted octanol–water partition coefficient (Wildman–Crippen LogP) is 1.47. The van der Waals surface area contributed by atoms with Gasteiger partial charge in [0.05, 0.1) is 6.07 Å². The van der Waals surface area contributed by atoms with Crippen molar-refractivity contribution in [3.63, 3.8) is 0 Å². The van der Waals surface area contributed by atoms with Gasteiger partial charge in [-0.1, -0.05) is 6.07 Å². The van der Waals surface area contributed by atoms with Crippen LogP contribution in [-0.2, 0) is 15.1 Å². The standard InChI is InChI=1S/C16H18N4O3S/c1-15(11-5-4-8-24-11)13(22)20(14(23)19-15)9-12(21)18-16(10-17)6-2-3-7-16/h4-5,8H,2-3,6-7,9H2,1H3,(H,18,21)(H,19,23). The number of urea groups is 1. The number of nitrogens with zero attached hydrogens (tertiary/aromatic N) is 2. The van der Waals surface area contributed by atoms with Gasteiger partial charge < -0.3 is 10.6 Å². The molecule has 2 N–H and O–H groups in total. The summed E-state index contributed by atoms with van der Waals surface area (Å²) in [7, 11) is 0. The number of amides is 4. The van der Waals surface area contributed by atoms with Crippen LogP contribution >= 0.6 is 11.3 Å². The van der Waals surface area contributed by atoms with Gasteiger partial charge in [0.15, 0.2) is 5.54 Å². The van der Waals surface area contributed by atoms with Gasteiger partial charge in [0.25, 0.3) is 5.91 Å². The fourth-order valence-corrected chi connectivity index (χ4v) is 4.10. The highest BCUT2D eigenvalue weighted by Crippen LogP contribution is 2.32. The first-order valence-corrected chi connectivity index (χ1v) is 8.68. The van der Waals surface area contributed by atoms with Crippen LogP contribution in [-0.4, -0.2) is 34.8 Å². The van der Waals surface area contributed by atoms with Crippen molar-refractivity contribution in [2.45, 2.75) is 43.7 Å². The highest BCUT2D eigenvalue weighted by molar-refractivity contribution is 7.10. The molecule has 1 aromatic rings. The lowest BCUT2D eigenvalue weighted by Gasteiger charge is -2.24. The predicted molar refractivity (Wildman–Crippen MR) is 86.9 cm³/mol. The molecular weight excluding hydrogens is 328 g/mol. The second-order valence-electron chi connectivity index (χ2n) is 6.37. The second-order valence-corrected chi connectivity index (χ2v) is 7.32. The number of imide groups is 1. The summed E-state index contributed by atoms with van der Waals surface area (Å²) >= 11 is 1.37. The monoisotopic (exact) mass is 346 g/mol. The Hall–Kier alpha value is -2.40. The smallest absolute Gasteiger partial charge is 0.325 e. The molecule has 1 aliphatic heterocycles. The lowest BCUT2D eigenvalue weighted by molar-refractivity contribution is -0.135. The number of hydrogen-bond donors (Lipinski definition) is 2. The number of carbonyl (C=O) groups excluding carboxylic acids is 3. The molecule has 0 bridgehead atoms. The molecule has 24 heavy (non-hydrogen) atoms. The van der Waals surface area contributed by atoms with Crippen molar-refractivity contribution in [1.82, 2.24) is 15.5 Å². The Morgan fingerprint density at radius 2 is 2.17 bits per heavy atom. The molecule has 1 aromatic heterocycles. The van der Waals surface area contributed by atoms with Gasteiger partial charge in [-0.05, 0) is 44.1 Å². The zero-order valence-corrected chi connectivity index (χ0v) is 14.1. The Morgan fingerprint density at radius 3 is 2.75 bits per heavy atom. The van der Waals surface area contributed by atoms with Crippen LogP contribution in [0, 0.1) is 11.3 Å². The Bertz CT molecular complexity index is 718. The van der Waals surface area contributed by atoms with Gasteiger partial charge in [0, 0.05) is 4.88 Å². The Balaban J connectivity index is 1.71. The molecule has 0 radical (unpaired) electrons. The number of hydrogen-bond acceptors (Lipinski definition) is 5. The van der Waals surface area contributed by atoms with E-state index in [0.717, 1.165) is 17.7 Å². The molecule has 0 spiro atoms. The van der Waals surface area contributed by atoms with Crippen LogP contribution in [0.5, 0.6) is 0 Å². The normalized spacial score (nSPS) is 25.4. The number of rotatable bonds is 4. The van der Waals surface area contributed by atoms with Crippen molar-refractivity contribution < 1.29 is 14.4 Å². The van der Waals surface area contributed by atoms with E-state index in [0.29, 0.717) is 17.7 Å². The van der Waals surface area contributed by atoms with E-state index in [2.05, 4.69) is 16.7 Å². The fourth-order valence-electron chi connectivity index (χ4n) is 3.26. The first-order chi connectivity index (χ1) is 11.4. The Labute approximate surface area is 143 Å². The van der Waals surface area contributed by atoms with Crippen LogP contribution in [0.3, 0.4) is 0 Å². The van der Waals surface area contributed by atoms with Crippen molar-refractivity contribution in [3.8, 4) is 6.07 Å². The third kappa shape index (κ3) is 2.65. The summed E-state index contributed by atoms with van der Waals surface area (Å²) in [6.45, 7) is 1.25. The summed E-state index contributed by atoms with van der Waals surface area (Å²) < 4.78 is 0. The maximum Gasteiger partial charge on any atom is 0.325 e. The molecule has 2 heterocycles. The topological polar surface area (TPSA) is 102 Å². The summed E-state index contributed by atoms with van der Waals surface area (Å²) in [6.07, 6.45) is 2.96. The van der Waals surface area contributed by atoms with Gasteiger partial charge in [-0.3, -0.25) is 14.5 Å². The SMILES string of the molecule is CC1(c2cccs2)NC(=O)N(CC(=O)NC2(C#N)CCCC2)C1=O. The summed E-state index contributed by atoms with van der Waals surface area (Å²) in [5.41, 5.74) is -2.01. The molecule has 0 aromatic carbocycles. The molecule has 8 heteroatoms. The van der Waals surface area contributed by atoms with E-state index in [1.54, 1.807) is 19.1 Å². The molecule has 1 saturated heterocycles. The van der Waals surface area contributed by atoms with E-state index in [9.17, 15) is 19.6 Å². The molecule has 2 fully saturated rings. The number of nitrogens with one attached hydrogen (secondary N) is 2. The van der Waals surface area contributed by atoms with E-state index < -0.39 is 28.9 Å². The maximum absolute atomic E-state index is 12.7. The molecule has 1 saturated carbocycles. The van der Waals surface area contributed by atoms with E-state index in [1.165, 1.54) is 11.3 Å². The van der Waals surface area contributed by atoms with Crippen molar-refractivity contribution in [2.75, 3.05) is 6.54 Å². The Morgan fingerprint density at radius 1 is 1.46 bits per heavy atom. The first-order valence-electron chi connectivity index (χ1n) is 7.81. The van der Waals surface area contributed by atoms with E-state index >= 15 is 0 Å². The van der Waals surface area contributed by atoms with Crippen molar-refractivity contribution in [2.24, 2.45) is 0 Å². The molecule has 126 valence electrons. The Kier molecular flexibility index (Phi) is 4.05. The van der Waals surface area contributed by atoms with E-state index in [1.807, 2.05) is 5.38 Å². The summed E-state index contributed by atoms with van der Waals surface area (Å²) in [5, 5.41) is 16.5. The van der Waals surface area contributed by atoms with E-state index in [-0.39, 0.29) is 6.54 Å². The van der Waals surface area contributed by atoms with Gasteiger partial charge >= 0.3 is 6.03 Å². The van der Waals surface area contributed by atoms with Gasteiger partial charge in [-0.2, -0.15) is 5.26 Å². The quantitative estimate of drug-likeness (QED) is 0.806. The molecule has 7 nitrogen and oxygen atoms in total. The molecule has 3 rings (SSSR count). The minimum absolute atomic E-state index is 0.380. The third-order valence-electron chi connectivity index (χ3n) is 4.64. The fraction of sp³-hybridized carbons (Fsp3) is 0.500. The zero-order chi connectivity index (χ0) is 17.4. The average Bonchev–Trinajstić information content (AvgIpc) is 3.26. The summed E-state index contributed by atoms with van der Waals surface area (Å²) in [4.78, 5) is 38.7. The van der Waals surface area contributed by atoms with Crippen molar-refractivity contribution in [3.05, 3.63) is 22.4 Å². The third-order valence-corrected chi connectivity index (χ3v) is 5.73. The van der Waals surface area contributed by atoms with Crippen LogP contribution in [0.25, 0.3) is 0 Å². The number of thiophene rings is 1. The largest absolute Gasteiger partial charge is 0.336 e. The first kappa shape index (κ1) is 16.5. The van der Waals surface area contributed by atoms with Gasteiger partial charge in [0.2, 0.25) is 5.91 Å². The van der Waals surface area contributed by atoms with Crippen LogP contribution in [0.4, 0.5) is 4.79 Å². The highest BCUT2D eigenvalue weighted by atomic mass is 32.1. The van der Waals surface area contributed by atoms with Gasteiger partial charge in [-0.15, -0.1) is 11.3 Å². The van der Waals surface area contributed by atoms with Crippen molar-refractivity contribution in [1.29, 1.82) is 5.26 Å². The maximum atomic E-state index is 12.7. The second kappa shape index (κ2) is 5.91. The number of nitriles is 1. The molecule has 2 aliphatic rings. The van der Waals surface area contributed by atoms with Crippen LogP contribution < -0.4 is 10.6 Å². The highest BCUT2D eigenvalue weighted by Gasteiger charge is 2.50. The lowest BCUT2D eigenvalue weighted by Crippen LogP contribution is -2.50. The summed E-state index contributed by atoms with van der Waals surface area (Å²) in [6, 6.07) is 5.14. The minimum Gasteiger partial charge on any atom is -0.336 e. The zero-order valence-electron chi connectivity index (χ0n) is 13.3. The van der Waals surface area contributed by atoms with Crippen LogP contribution in [0.2, 0.25) is 0 Å². The minimum atomic E-state index is -1.15. The molecule has 1 unspecified atom stereocenters. The van der Waals surface area contributed by atoms with Crippen molar-refractivity contribution >= 4 is 29.2 Å². The molecular formula is C16H18N4O3S.